The van der Waals surface area contributed by atoms with Gasteiger partial charge < -0.3 is 14.9 Å². The predicted molar refractivity (Wildman–Crippen MR) is 120 cm³/mol. The predicted octanol–water partition coefficient (Wildman–Crippen LogP) is 4.40. The van der Waals surface area contributed by atoms with E-state index in [-0.39, 0.29) is 34.8 Å². The first-order valence-corrected chi connectivity index (χ1v) is 9.52. The van der Waals surface area contributed by atoms with Gasteiger partial charge in [-0.15, -0.1) is 17.0 Å². The SMILES string of the molecule is Br.CN(C(=O)n1cnc(-c2cccc(O)c2)c1)C1CCN(c2ccccc2)CC1. The molecule has 0 spiro atoms. The summed E-state index contributed by atoms with van der Waals surface area (Å²) >= 11 is 0. The van der Waals surface area contributed by atoms with Crippen LogP contribution in [0.2, 0.25) is 0 Å². The first-order valence-electron chi connectivity index (χ1n) is 9.52. The van der Waals surface area contributed by atoms with Crippen molar-refractivity contribution in [3.63, 3.8) is 0 Å². The zero-order valence-corrected chi connectivity index (χ0v) is 18.0. The largest absolute Gasteiger partial charge is 0.508 e. The van der Waals surface area contributed by atoms with Crippen LogP contribution in [0.1, 0.15) is 12.8 Å². The summed E-state index contributed by atoms with van der Waals surface area (Å²) in [4.78, 5) is 21.4. The van der Waals surface area contributed by atoms with Crippen molar-refractivity contribution in [2.45, 2.75) is 18.9 Å². The number of halogens is 1. The third kappa shape index (κ3) is 4.62. The van der Waals surface area contributed by atoms with E-state index in [9.17, 15) is 9.90 Å². The summed E-state index contributed by atoms with van der Waals surface area (Å²) < 4.78 is 1.52. The van der Waals surface area contributed by atoms with Crippen molar-refractivity contribution in [3.8, 4) is 17.0 Å². The number of aromatic nitrogens is 2. The summed E-state index contributed by atoms with van der Waals surface area (Å²) in [5.41, 5.74) is 2.68. The Bertz CT molecular complexity index is 952. The van der Waals surface area contributed by atoms with E-state index < -0.39 is 0 Å². The van der Waals surface area contributed by atoms with Crippen LogP contribution < -0.4 is 4.90 Å². The van der Waals surface area contributed by atoms with Gasteiger partial charge in [-0.1, -0.05) is 30.3 Å². The number of benzene rings is 2. The molecule has 1 N–H and O–H groups in total. The summed E-state index contributed by atoms with van der Waals surface area (Å²) in [6.07, 6.45) is 5.13. The van der Waals surface area contributed by atoms with Crippen molar-refractivity contribution in [1.29, 1.82) is 0 Å². The van der Waals surface area contributed by atoms with Gasteiger partial charge in [0.1, 0.15) is 12.1 Å². The lowest BCUT2D eigenvalue weighted by Crippen LogP contribution is -2.46. The van der Waals surface area contributed by atoms with Crippen molar-refractivity contribution in [2.75, 3.05) is 25.0 Å². The number of nitrogens with zero attached hydrogens (tertiary/aromatic N) is 4. The van der Waals surface area contributed by atoms with E-state index in [4.69, 9.17) is 0 Å². The number of para-hydroxylation sites is 1. The molecule has 1 amide bonds. The van der Waals surface area contributed by atoms with E-state index in [0.717, 1.165) is 31.5 Å². The molecule has 2 heterocycles. The molecule has 1 saturated heterocycles. The van der Waals surface area contributed by atoms with E-state index in [1.807, 2.05) is 24.1 Å². The maximum atomic E-state index is 12.9. The fraction of sp³-hybridized carbons (Fsp3) is 0.273. The molecule has 0 aliphatic carbocycles. The molecule has 1 aliphatic heterocycles. The van der Waals surface area contributed by atoms with Crippen LogP contribution in [0.15, 0.2) is 67.1 Å². The number of carbonyl (C=O) groups is 1. The Morgan fingerprint density at radius 1 is 1.10 bits per heavy atom. The van der Waals surface area contributed by atoms with Crippen molar-refractivity contribution in [3.05, 3.63) is 67.1 Å². The molecular weight excluding hydrogens is 432 g/mol. The van der Waals surface area contributed by atoms with E-state index >= 15 is 0 Å². The lowest BCUT2D eigenvalue weighted by atomic mass is 10.0. The van der Waals surface area contributed by atoms with Crippen molar-refractivity contribution < 1.29 is 9.90 Å². The second-order valence-electron chi connectivity index (χ2n) is 7.16. The van der Waals surface area contributed by atoms with Crippen LogP contribution in [-0.2, 0) is 0 Å². The quantitative estimate of drug-likeness (QED) is 0.634. The smallest absolute Gasteiger partial charge is 0.329 e. The number of imidazole rings is 1. The maximum Gasteiger partial charge on any atom is 0.329 e. The fourth-order valence-corrected chi connectivity index (χ4v) is 3.73. The average molecular weight is 457 g/mol. The summed E-state index contributed by atoms with van der Waals surface area (Å²) in [6, 6.07) is 17.4. The van der Waals surface area contributed by atoms with Crippen LogP contribution in [0.25, 0.3) is 11.3 Å². The van der Waals surface area contributed by atoms with Crippen LogP contribution in [0.5, 0.6) is 5.75 Å². The van der Waals surface area contributed by atoms with E-state index in [0.29, 0.717) is 5.69 Å². The minimum absolute atomic E-state index is 0. The molecule has 0 radical (unpaired) electrons. The van der Waals surface area contributed by atoms with Gasteiger partial charge in [-0.2, -0.15) is 0 Å². The molecule has 0 atom stereocenters. The highest BCUT2D eigenvalue weighted by Gasteiger charge is 2.26. The molecule has 152 valence electrons. The van der Waals surface area contributed by atoms with Crippen LogP contribution in [0, 0.1) is 0 Å². The topological polar surface area (TPSA) is 61.6 Å². The number of phenols is 1. The number of rotatable bonds is 3. The third-order valence-corrected chi connectivity index (χ3v) is 5.38. The van der Waals surface area contributed by atoms with Gasteiger partial charge in [0.2, 0.25) is 0 Å². The van der Waals surface area contributed by atoms with Gasteiger partial charge in [0.15, 0.2) is 0 Å². The summed E-state index contributed by atoms with van der Waals surface area (Å²) in [5.74, 6) is 0.181. The Labute approximate surface area is 181 Å². The highest BCUT2D eigenvalue weighted by atomic mass is 79.9. The molecule has 0 bridgehead atoms. The van der Waals surface area contributed by atoms with E-state index in [2.05, 4.69) is 34.1 Å². The number of hydrogen-bond donors (Lipinski definition) is 1. The molecule has 1 aliphatic rings. The van der Waals surface area contributed by atoms with Gasteiger partial charge in [0.25, 0.3) is 0 Å². The second kappa shape index (κ2) is 9.13. The maximum absolute atomic E-state index is 12.9. The number of piperidine rings is 1. The number of phenolic OH excluding ortho intramolecular Hbond substituents is 1. The van der Waals surface area contributed by atoms with Gasteiger partial charge in [-0.05, 0) is 37.1 Å². The highest BCUT2D eigenvalue weighted by molar-refractivity contribution is 8.93. The van der Waals surface area contributed by atoms with Crippen LogP contribution in [0.3, 0.4) is 0 Å². The van der Waals surface area contributed by atoms with E-state index in [1.165, 1.54) is 16.6 Å². The Morgan fingerprint density at radius 2 is 1.83 bits per heavy atom. The van der Waals surface area contributed by atoms with Crippen LogP contribution in [-0.4, -0.2) is 51.8 Å². The van der Waals surface area contributed by atoms with Crippen molar-refractivity contribution in [1.82, 2.24) is 14.5 Å². The molecule has 2 aromatic carbocycles. The minimum Gasteiger partial charge on any atom is -0.508 e. The third-order valence-electron chi connectivity index (χ3n) is 5.38. The molecule has 4 rings (SSSR count). The van der Waals surface area contributed by atoms with Gasteiger partial charge in [0, 0.05) is 43.6 Å². The van der Waals surface area contributed by atoms with Gasteiger partial charge in [-0.3, -0.25) is 4.57 Å². The van der Waals surface area contributed by atoms with Crippen molar-refractivity contribution >= 4 is 28.7 Å². The Morgan fingerprint density at radius 3 is 2.52 bits per heavy atom. The lowest BCUT2D eigenvalue weighted by molar-refractivity contribution is 0.181. The summed E-state index contributed by atoms with van der Waals surface area (Å²) in [6.45, 7) is 1.87. The molecule has 0 unspecified atom stereocenters. The fourth-order valence-electron chi connectivity index (χ4n) is 3.73. The minimum atomic E-state index is -0.0861. The summed E-state index contributed by atoms with van der Waals surface area (Å²) in [5, 5.41) is 9.64. The molecular formula is C22H25BrN4O2. The number of carbonyl (C=O) groups excluding carboxylic acids is 1. The van der Waals surface area contributed by atoms with Crippen LogP contribution in [0.4, 0.5) is 10.5 Å². The molecule has 3 aromatic rings. The van der Waals surface area contributed by atoms with E-state index in [1.54, 1.807) is 24.4 Å². The Kier molecular flexibility index (Phi) is 6.59. The zero-order valence-electron chi connectivity index (χ0n) is 16.3. The first-order chi connectivity index (χ1) is 13.6. The number of hydrogen-bond acceptors (Lipinski definition) is 4. The monoisotopic (exact) mass is 456 g/mol. The van der Waals surface area contributed by atoms with Gasteiger partial charge in [-0.25, -0.2) is 9.78 Å². The molecule has 1 aromatic heterocycles. The Hall–Kier alpha value is -2.80. The average Bonchev–Trinajstić information content (AvgIpc) is 3.24. The lowest BCUT2D eigenvalue weighted by Gasteiger charge is -2.37. The van der Waals surface area contributed by atoms with Crippen molar-refractivity contribution in [2.24, 2.45) is 0 Å². The Balaban J connectivity index is 0.00000240. The second-order valence-corrected chi connectivity index (χ2v) is 7.16. The molecule has 0 saturated carbocycles. The first kappa shape index (κ1) is 20.9. The molecule has 1 fully saturated rings. The number of aromatic hydroxyl groups is 1. The molecule has 7 heteroatoms. The summed E-state index contributed by atoms with van der Waals surface area (Å²) in [7, 11) is 1.86. The zero-order chi connectivity index (χ0) is 19.5. The highest BCUT2D eigenvalue weighted by Crippen LogP contribution is 2.24. The molecule has 29 heavy (non-hydrogen) atoms. The normalized spacial score (nSPS) is 14.3. The van der Waals surface area contributed by atoms with Gasteiger partial charge in [0.05, 0.1) is 5.69 Å². The van der Waals surface area contributed by atoms with Crippen LogP contribution >= 0.6 is 17.0 Å². The van der Waals surface area contributed by atoms with Gasteiger partial charge >= 0.3 is 6.03 Å². The standard InChI is InChI=1S/C22H24N4O2.BrH/c1-24(18-10-12-25(13-11-18)19-7-3-2-4-8-19)22(28)26-15-21(23-16-26)17-6-5-9-20(27)14-17;/h2-9,14-16,18,27H,10-13H2,1H3;1H. The number of anilines is 1. The number of amides is 1. The molecule has 6 nitrogen and oxygen atoms in total.